The van der Waals surface area contributed by atoms with Gasteiger partial charge in [0.25, 0.3) is 5.91 Å². The minimum absolute atomic E-state index is 0.114. The number of fused-ring (bicyclic) bond motifs is 1. The molecule has 0 radical (unpaired) electrons. The minimum Gasteiger partial charge on any atom is -0.491 e. The first-order valence-corrected chi connectivity index (χ1v) is 10.8. The number of carbonyl (C=O) groups is 2. The normalized spacial score (nSPS) is 15.1. The maximum Gasteiger partial charge on any atom is 0.260 e. The molecular formula is C26H27N3O3. The van der Waals surface area contributed by atoms with Crippen molar-refractivity contribution < 1.29 is 14.3 Å². The fourth-order valence-electron chi connectivity index (χ4n) is 3.85. The quantitative estimate of drug-likeness (QED) is 0.597. The number of rotatable bonds is 7. The smallest absolute Gasteiger partial charge is 0.260 e. The first kappa shape index (κ1) is 21.6. The lowest BCUT2D eigenvalue weighted by atomic mass is 10.1. The zero-order valence-corrected chi connectivity index (χ0v) is 18.5. The van der Waals surface area contributed by atoms with Crippen LogP contribution in [0.4, 0.5) is 5.69 Å². The van der Waals surface area contributed by atoms with Crippen LogP contribution in [0.1, 0.15) is 53.5 Å². The maximum atomic E-state index is 13.1. The van der Waals surface area contributed by atoms with Crippen molar-refractivity contribution in [2.45, 2.75) is 45.9 Å². The van der Waals surface area contributed by atoms with Gasteiger partial charge in [0.05, 0.1) is 29.8 Å². The lowest BCUT2D eigenvalue weighted by molar-refractivity contribution is -0.121. The molecule has 0 spiro atoms. The topological polar surface area (TPSA) is 71.5 Å². The lowest BCUT2D eigenvalue weighted by Crippen LogP contribution is -2.33. The van der Waals surface area contributed by atoms with Crippen molar-refractivity contribution in [3.05, 3.63) is 89.2 Å². The van der Waals surface area contributed by atoms with Crippen LogP contribution in [0.3, 0.4) is 0 Å². The minimum atomic E-state index is -0.441. The second-order valence-electron chi connectivity index (χ2n) is 8.25. The molecule has 1 aliphatic heterocycles. The molecule has 2 heterocycles. The van der Waals surface area contributed by atoms with E-state index in [2.05, 4.69) is 10.3 Å². The Labute approximate surface area is 188 Å². The van der Waals surface area contributed by atoms with E-state index >= 15 is 0 Å². The van der Waals surface area contributed by atoms with E-state index in [1.165, 1.54) is 0 Å². The molecule has 0 bridgehead atoms. The number of pyridine rings is 1. The van der Waals surface area contributed by atoms with Gasteiger partial charge in [0.2, 0.25) is 5.91 Å². The van der Waals surface area contributed by atoms with Gasteiger partial charge in [-0.25, -0.2) is 0 Å². The SMILES string of the molecule is Cc1ccc(N2C(=O)c3cccnc3[C@@H]2CC(=O)NCc2ccc(OC(C)C)cc2)cc1. The van der Waals surface area contributed by atoms with Gasteiger partial charge in [0.1, 0.15) is 5.75 Å². The molecule has 1 aliphatic rings. The zero-order chi connectivity index (χ0) is 22.7. The van der Waals surface area contributed by atoms with E-state index in [9.17, 15) is 9.59 Å². The second kappa shape index (κ2) is 9.22. The van der Waals surface area contributed by atoms with Gasteiger partial charge in [-0.15, -0.1) is 0 Å². The molecule has 6 nitrogen and oxygen atoms in total. The summed E-state index contributed by atoms with van der Waals surface area (Å²) in [7, 11) is 0. The first-order valence-electron chi connectivity index (χ1n) is 10.8. The number of hydrogen-bond donors (Lipinski definition) is 1. The number of amides is 2. The molecule has 2 aromatic carbocycles. The van der Waals surface area contributed by atoms with E-state index in [0.29, 0.717) is 17.8 Å². The van der Waals surface area contributed by atoms with Gasteiger partial charge in [0, 0.05) is 18.4 Å². The Bertz CT molecular complexity index is 1110. The van der Waals surface area contributed by atoms with Crippen molar-refractivity contribution in [1.29, 1.82) is 0 Å². The van der Waals surface area contributed by atoms with Gasteiger partial charge < -0.3 is 10.1 Å². The number of carbonyl (C=O) groups excluding carboxylic acids is 2. The fourth-order valence-corrected chi connectivity index (χ4v) is 3.85. The molecule has 0 aliphatic carbocycles. The number of nitrogens with zero attached hydrogens (tertiary/aromatic N) is 2. The predicted molar refractivity (Wildman–Crippen MR) is 124 cm³/mol. The van der Waals surface area contributed by atoms with Crippen LogP contribution in [-0.4, -0.2) is 22.9 Å². The van der Waals surface area contributed by atoms with E-state index in [1.54, 1.807) is 23.2 Å². The Hall–Kier alpha value is -3.67. The Morgan fingerprint density at radius 3 is 2.50 bits per heavy atom. The molecule has 0 saturated carbocycles. The molecule has 164 valence electrons. The Morgan fingerprint density at radius 2 is 1.81 bits per heavy atom. The summed E-state index contributed by atoms with van der Waals surface area (Å²) in [6, 6.07) is 18.5. The summed E-state index contributed by atoms with van der Waals surface area (Å²) in [5.74, 6) is 0.535. The van der Waals surface area contributed by atoms with Gasteiger partial charge in [-0.1, -0.05) is 29.8 Å². The van der Waals surface area contributed by atoms with Crippen LogP contribution < -0.4 is 15.0 Å². The first-order chi connectivity index (χ1) is 15.4. The van der Waals surface area contributed by atoms with Gasteiger partial charge in [-0.2, -0.15) is 0 Å². The van der Waals surface area contributed by atoms with Crippen LogP contribution >= 0.6 is 0 Å². The summed E-state index contributed by atoms with van der Waals surface area (Å²) in [6.45, 7) is 6.36. The molecule has 3 aromatic rings. The van der Waals surface area contributed by atoms with Crippen LogP contribution in [0, 0.1) is 6.92 Å². The summed E-state index contributed by atoms with van der Waals surface area (Å²) in [6.07, 6.45) is 1.91. The van der Waals surface area contributed by atoms with Gasteiger partial charge in [0.15, 0.2) is 0 Å². The number of aryl methyl sites for hydroxylation is 1. The van der Waals surface area contributed by atoms with Crippen molar-refractivity contribution in [1.82, 2.24) is 10.3 Å². The summed E-state index contributed by atoms with van der Waals surface area (Å²) in [5, 5.41) is 2.97. The van der Waals surface area contributed by atoms with Crippen molar-refractivity contribution in [2.75, 3.05) is 4.90 Å². The number of hydrogen-bond acceptors (Lipinski definition) is 4. The molecule has 6 heteroatoms. The maximum absolute atomic E-state index is 13.1. The summed E-state index contributed by atoms with van der Waals surface area (Å²) in [5.41, 5.74) is 4.04. The third kappa shape index (κ3) is 4.64. The second-order valence-corrected chi connectivity index (χ2v) is 8.25. The summed E-state index contributed by atoms with van der Waals surface area (Å²) >= 11 is 0. The fraction of sp³-hybridized carbons (Fsp3) is 0.269. The predicted octanol–water partition coefficient (Wildman–Crippen LogP) is 4.59. The number of anilines is 1. The molecule has 1 aromatic heterocycles. The molecule has 2 amide bonds. The summed E-state index contributed by atoms with van der Waals surface area (Å²) in [4.78, 5) is 32.0. The summed E-state index contributed by atoms with van der Waals surface area (Å²) < 4.78 is 5.66. The molecule has 32 heavy (non-hydrogen) atoms. The van der Waals surface area contributed by atoms with Crippen molar-refractivity contribution in [2.24, 2.45) is 0 Å². The average molecular weight is 430 g/mol. The van der Waals surface area contributed by atoms with Crippen molar-refractivity contribution in [3.63, 3.8) is 0 Å². The molecule has 0 unspecified atom stereocenters. The third-order valence-electron chi connectivity index (χ3n) is 5.39. The number of ether oxygens (including phenoxy) is 1. The van der Waals surface area contributed by atoms with Crippen LogP contribution in [0.25, 0.3) is 0 Å². The molecule has 4 rings (SSSR count). The van der Waals surface area contributed by atoms with E-state index in [1.807, 2.05) is 69.3 Å². The molecule has 1 atom stereocenters. The van der Waals surface area contributed by atoms with Gasteiger partial charge in [-0.3, -0.25) is 19.5 Å². The highest BCUT2D eigenvalue weighted by Gasteiger charge is 2.39. The van der Waals surface area contributed by atoms with Crippen LogP contribution in [0.15, 0.2) is 66.9 Å². The highest BCUT2D eigenvalue weighted by molar-refractivity contribution is 6.11. The standard InChI is InChI=1S/C26H27N3O3/c1-17(2)32-21-12-8-19(9-13-21)16-28-24(30)15-23-25-22(5-4-14-27-25)26(31)29(23)20-10-6-18(3)7-11-20/h4-14,17,23H,15-16H2,1-3H3,(H,28,30)/t23-/m0/s1. The van der Waals surface area contributed by atoms with Gasteiger partial charge in [-0.05, 0) is 62.7 Å². The number of nitrogens with one attached hydrogen (secondary N) is 1. The van der Waals surface area contributed by atoms with Crippen LogP contribution in [0.2, 0.25) is 0 Å². The Balaban J connectivity index is 1.47. The highest BCUT2D eigenvalue weighted by Crippen LogP contribution is 2.38. The van der Waals surface area contributed by atoms with E-state index in [4.69, 9.17) is 4.74 Å². The average Bonchev–Trinajstić information content (AvgIpc) is 3.05. The molecule has 0 fully saturated rings. The molecular weight excluding hydrogens is 402 g/mol. The highest BCUT2D eigenvalue weighted by atomic mass is 16.5. The zero-order valence-electron chi connectivity index (χ0n) is 18.5. The molecule has 0 saturated heterocycles. The van der Waals surface area contributed by atoms with Crippen molar-refractivity contribution in [3.8, 4) is 5.75 Å². The number of aromatic nitrogens is 1. The van der Waals surface area contributed by atoms with E-state index < -0.39 is 6.04 Å². The van der Waals surface area contributed by atoms with Crippen LogP contribution in [0.5, 0.6) is 5.75 Å². The monoisotopic (exact) mass is 429 g/mol. The largest absolute Gasteiger partial charge is 0.491 e. The van der Waals surface area contributed by atoms with Gasteiger partial charge >= 0.3 is 0 Å². The van der Waals surface area contributed by atoms with Crippen molar-refractivity contribution >= 4 is 17.5 Å². The van der Waals surface area contributed by atoms with E-state index in [0.717, 1.165) is 22.6 Å². The lowest BCUT2D eigenvalue weighted by Gasteiger charge is -2.24. The third-order valence-corrected chi connectivity index (χ3v) is 5.39. The van der Waals surface area contributed by atoms with Crippen LogP contribution in [-0.2, 0) is 11.3 Å². The molecule has 1 N–H and O–H groups in total. The van der Waals surface area contributed by atoms with E-state index in [-0.39, 0.29) is 24.3 Å². The Kier molecular flexibility index (Phi) is 6.21. The Morgan fingerprint density at radius 1 is 1.09 bits per heavy atom. The number of benzene rings is 2.